The minimum Gasteiger partial charge on any atom is -0.338 e. The van der Waals surface area contributed by atoms with Gasteiger partial charge in [0.2, 0.25) is 5.89 Å². The van der Waals surface area contributed by atoms with Crippen LogP contribution in [0.2, 0.25) is 0 Å². The molecule has 3 rings (SSSR count). The van der Waals surface area contributed by atoms with Crippen LogP contribution in [-0.4, -0.2) is 40.7 Å². The van der Waals surface area contributed by atoms with Crippen LogP contribution in [0.25, 0.3) is 0 Å². The predicted molar refractivity (Wildman–Crippen MR) is 83.5 cm³/mol. The molecule has 2 aromatic rings. The van der Waals surface area contributed by atoms with Gasteiger partial charge in [-0.1, -0.05) is 35.5 Å². The molecule has 0 radical (unpaired) electrons. The average molecular weight is 309 g/mol. The molecule has 1 saturated heterocycles. The number of nitrogens with one attached hydrogen (secondary N) is 1. The Morgan fingerprint density at radius 3 is 2.90 bits per heavy atom. The summed E-state index contributed by atoms with van der Waals surface area (Å²) in [7, 11) is 0. The van der Waals surface area contributed by atoms with E-state index in [1.807, 2.05) is 18.2 Å². The molecule has 1 aromatic carbocycles. The van der Waals surface area contributed by atoms with Gasteiger partial charge in [0.1, 0.15) is 0 Å². The summed E-state index contributed by atoms with van der Waals surface area (Å²) in [5.41, 5.74) is 1.20. The maximum atomic E-state index is 5.35. The Bertz CT molecular complexity index is 546. The maximum absolute atomic E-state index is 5.35. The van der Waals surface area contributed by atoms with Crippen molar-refractivity contribution in [3.8, 4) is 0 Å². The Morgan fingerprint density at radius 2 is 2.14 bits per heavy atom. The zero-order valence-electron chi connectivity index (χ0n) is 12.2. The summed E-state index contributed by atoms with van der Waals surface area (Å²) >= 11 is 0. The topological polar surface area (TPSA) is 54.2 Å². The summed E-state index contributed by atoms with van der Waals surface area (Å²) in [6, 6.07) is 10.7. The smallest absolute Gasteiger partial charge is 0.240 e. The quantitative estimate of drug-likeness (QED) is 0.934. The normalized spacial score (nSPS) is 19.2. The number of halogens is 1. The fraction of sp³-hybridized carbons (Fsp3) is 0.467. The Labute approximate surface area is 131 Å². The van der Waals surface area contributed by atoms with E-state index in [9.17, 15) is 0 Å². The molecule has 0 saturated carbocycles. The molecule has 1 N–H and O–H groups in total. The molecule has 21 heavy (non-hydrogen) atoms. The average Bonchev–Trinajstić information content (AvgIpc) is 2.87. The number of benzene rings is 1. The molecule has 0 aliphatic carbocycles. The Kier molecular flexibility index (Phi) is 5.73. The second kappa shape index (κ2) is 7.54. The molecular weight excluding hydrogens is 288 g/mol. The van der Waals surface area contributed by atoms with Gasteiger partial charge >= 0.3 is 0 Å². The van der Waals surface area contributed by atoms with Crippen molar-refractivity contribution in [3.63, 3.8) is 0 Å². The van der Waals surface area contributed by atoms with E-state index < -0.39 is 0 Å². The lowest BCUT2D eigenvalue weighted by Gasteiger charge is -2.30. The zero-order valence-corrected chi connectivity index (χ0v) is 13.0. The van der Waals surface area contributed by atoms with Crippen LogP contribution >= 0.6 is 12.4 Å². The third kappa shape index (κ3) is 4.52. The van der Waals surface area contributed by atoms with Gasteiger partial charge in [0.05, 0.1) is 6.54 Å². The van der Waals surface area contributed by atoms with E-state index in [1.54, 1.807) is 0 Å². The molecule has 1 aliphatic heterocycles. The third-order valence-electron chi connectivity index (χ3n) is 3.53. The Balaban J connectivity index is 0.00000161. The Morgan fingerprint density at radius 1 is 1.33 bits per heavy atom. The monoisotopic (exact) mass is 308 g/mol. The lowest BCUT2D eigenvalue weighted by molar-refractivity contribution is 0.177. The fourth-order valence-electron chi connectivity index (χ4n) is 2.55. The maximum Gasteiger partial charge on any atom is 0.240 e. The van der Waals surface area contributed by atoms with Crippen molar-refractivity contribution in [2.75, 3.05) is 19.6 Å². The van der Waals surface area contributed by atoms with Crippen LogP contribution in [-0.2, 0) is 13.0 Å². The highest BCUT2D eigenvalue weighted by Crippen LogP contribution is 2.09. The van der Waals surface area contributed by atoms with Crippen LogP contribution < -0.4 is 5.32 Å². The minimum atomic E-state index is 0. The van der Waals surface area contributed by atoms with Crippen molar-refractivity contribution in [1.29, 1.82) is 0 Å². The van der Waals surface area contributed by atoms with Gasteiger partial charge < -0.3 is 9.84 Å². The molecule has 0 bridgehead atoms. The van der Waals surface area contributed by atoms with E-state index in [0.29, 0.717) is 11.9 Å². The number of rotatable bonds is 4. The van der Waals surface area contributed by atoms with Crippen LogP contribution in [0.4, 0.5) is 0 Å². The van der Waals surface area contributed by atoms with Gasteiger partial charge in [0.25, 0.3) is 0 Å². The molecule has 5 nitrogen and oxygen atoms in total. The van der Waals surface area contributed by atoms with E-state index in [-0.39, 0.29) is 12.4 Å². The summed E-state index contributed by atoms with van der Waals surface area (Å²) in [5, 5.41) is 7.49. The Hall–Kier alpha value is -1.43. The summed E-state index contributed by atoms with van der Waals surface area (Å²) in [6.45, 7) is 6.01. The summed E-state index contributed by atoms with van der Waals surface area (Å²) in [4.78, 5) is 6.83. The first-order chi connectivity index (χ1) is 9.79. The molecular formula is C15H21ClN4O. The first-order valence-electron chi connectivity index (χ1n) is 7.11. The van der Waals surface area contributed by atoms with E-state index in [4.69, 9.17) is 4.52 Å². The van der Waals surface area contributed by atoms with Crippen molar-refractivity contribution in [3.05, 3.63) is 47.6 Å². The largest absolute Gasteiger partial charge is 0.338 e. The number of hydrogen-bond donors (Lipinski definition) is 1. The van der Waals surface area contributed by atoms with Crippen LogP contribution in [0.15, 0.2) is 34.9 Å². The molecule has 1 unspecified atom stereocenters. The highest BCUT2D eigenvalue weighted by Gasteiger charge is 2.18. The van der Waals surface area contributed by atoms with Crippen molar-refractivity contribution in [2.24, 2.45) is 0 Å². The van der Waals surface area contributed by atoms with Gasteiger partial charge in [-0.05, 0) is 12.5 Å². The van der Waals surface area contributed by atoms with Gasteiger partial charge in [-0.2, -0.15) is 4.98 Å². The van der Waals surface area contributed by atoms with Crippen LogP contribution in [0.1, 0.15) is 24.2 Å². The number of aromatic nitrogens is 2. The number of hydrogen-bond acceptors (Lipinski definition) is 5. The first-order valence-corrected chi connectivity index (χ1v) is 7.11. The minimum absolute atomic E-state index is 0. The SMILES string of the molecule is CC1CN(Cc2nc(Cc3ccccc3)no2)CCN1.Cl. The summed E-state index contributed by atoms with van der Waals surface area (Å²) in [5.74, 6) is 1.47. The van der Waals surface area contributed by atoms with E-state index >= 15 is 0 Å². The van der Waals surface area contributed by atoms with Crippen molar-refractivity contribution >= 4 is 12.4 Å². The van der Waals surface area contributed by atoms with Crippen LogP contribution in [0.3, 0.4) is 0 Å². The lowest BCUT2D eigenvalue weighted by atomic mass is 10.1. The van der Waals surface area contributed by atoms with Crippen LogP contribution in [0.5, 0.6) is 0 Å². The molecule has 0 amide bonds. The molecule has 114 valence electrons. The molecule has 1 fully saturated rings. The highest BCUT2D eigenvalue weighted by atomic mass is 35.5. The zero-order chi connectivity index (χ0) is 13.8. The number of piperazine rings is 1. The van der Waals surface area contributed by atoms with Gasteiger partial charge in [-0.3, -0.25) is 4.90 Å². The molecule has 6 heteroatoms. The summed E-state index contributed by atoms with van der Waals surface area (Å²) < 4.78 is 5.35. The lowest BCUT2D eigenvalue weighted by Crippen LogP contribution is -2.48. The predicted octanol–water partition coefficient (Wildman–Crippen LogP) is 1.88. The van der Waals surface area contributed by atoms with Crippen molar-refractivity contribution in [2.45, 2.75) is 25.9 Å². The van der Waals surface area contributed by atoms with E-state index in [2.05, 4.69) is 39.4 Å². The summed E-state index contributed by atoms with van der Waals surface area (Å²) in [6.07, 6.45) is 0.725. The van der Waals surface area contributed by atoms with Crippen molar-refractivity contribution < 1.29 is 4.52 Å². The fourth-order valence-corrected chi connectivity index (χ4v) is 2.55. The molecule has 1 aromatic heterocycles. The van der Waals surface area contributed by atoms with Gasteiger partial charge in [-0.15, -0.1) is 12.4 Å². The van der Waals surface area contributed by atoms with Crippen LogP contribution in [0, 0.1) is 0 Å². The number of nitrogens with zero attached hydrogens (tertiary/aromatic N) is 3. The second-order valence-electron chi connectivity index (χ2n) is 5.36. The van der Waals surface area contributed by atoms with Gasteiger partial charge in [0, 0.05) is 32.1 Å². The molecule has 0 spiro atoms. The van der Waals surface area contributed by atoms with Gasteiger partial charge in [-0.25, -0.2) is 0 Å². The molecule has 1 atom stereocenters. The standard InChI is InChI=1S/C15H20N4O.ClH/c1-12-10-19(8-7-16-12)11-15-17-14(18-20-15)9-13-5-3-2-4-6-13;/h2-6,12,16H,7-11H2,1H3;1H. The molecule has 1 aliphatic rings. The van der Waals surface area contributed by atoms with E-state index in [0.717, 1.165) is 38.4 Å². The third-order valence-corrected chi connectivity index (χ3v) is 3.53. The van der Waals surface area contributed by atoms with Crippen molar-refractivity contribution in [1.82, 2.24) is 20.4 Å². The highest BCUT2D eigenvalue weighted by molar-refractivity contribution is 5.85. The first kappa shape index (κ1) is 15.9. The van der Waals surface area contributed by atoms with Gasteiger partial charge in [0.15, 0.2) is 5.82 Å². The second-order valence-corrected chi connectivity index (χ2v) is 5.36. The molecule has 2 heterocycles. The van der Waals surface area contributed by atoms with E-state index in [1.165, 1.54) is 5.56 Å².